The normalized spacial score (nSPS) is 22.8. The zero-order valence-electron chi connectivity index (χ0n) is 14.1. The Labute approximate surface area is 151 Å². The van der Waals surface area contributed by atoms with Crippen molar-refractivity contribution in [2.24, 2.45) is 5.92 Å². The molecule has 0 aliphatic carbocycles. The first-order valence-electron chi connectivity index (χ1n) is 8.47. The molecule has 7 nitrogen and oxygen atoms in total. The van der Waals surface area contributed by atoms with Crippen LogP contribution in [0.3, 0.4) is 0 Å². The molecule has 0 radical (unpaired) electrons. The lowest BCUT2D eigenvalue weighted by molar-refractivity contribution is 0.0407. The van der Waals surface area contributed by atoms with Crippen LogP contribution in [0.1, 0.15) is 16.8 Å². The molecular formula is C18H19N3O4S. The fourth-order valence-electron chi connectivity index (χ4n) is 3.75. The molecule has 8 heteroatoms. The summed E-state index contributed by atoms with van der Waals surface area (Å²) in [6, 6.07) is 8.64. The maximum absolute atomic E-state index is 12.7. The first-order chi connectivity index (χ1) is 12.5. The summed E-state index contributed by atoms with van der Waals surface area (Å²) < 4.78 is 30.2. The third-order valence-electron chi connectivity index (χ3n) is 5.30. The van der Waals surface area contributed by atoms with Crippen molar-refractivity contribution in [3.8, 4) is 5.88 Å². The van der Waals surface area contributed by atoms with Gasteiger partial charge in [-0.1, -0.05) is 6.07 Å². The average molecular weight is 373 g/mol. The quantitative estimate of drug-likeness (QED) is 0.800. The number of sulfone groups is 1. The van der Waals surface area contributed by atoms with Crippen molar-refractivity contribution < 1.29 is 17.9 Å². The number of nitrogens with zero attached hydrogens (tertiary/aromatic N) is 3. The van der Waals surface area contributed by atoms with Crippen LogP contribution in [0.2, 0.25) is 0 Å². The van der Waals surface area contributed by atoms with Gasteiger partial charge in [-0.25, -0.2) is 13.4 Å². The largest absolute Gasteiger partial charge is 0.477 e. The van der Waals surface area contributed by atoms with Gasteiger partial charge in [-0.2, -0.15) is 0 Å². The Hall–Kier alpha value is -2.48. The molecule has 0 bridgehead atoms. The minimum Gasteiger partial charge on any atom is -0.477 e. The highest BCUT2D eigenvalue weighted by molar-refractivity contribution is 7.93. The van der Waals surface area contributed by atoms with E-state index in [1.165, 1.54) is 0 Å². The number of likely N-dealkylation sites (tertiary alicyclic amines) is 1. The van der Waals surface area contributed by atoms with Gasteiger partial charge >= 0.3 is 0 Å². The van der Waals surface area contributed by atoms with E-state index in [0.717, 1.165) is 0 Å². The molecule has 0 unspecified atom stereocenters. The molecule has 0 saturated carbocycles. The van der Waals surface area contributed by atoms with Crippen molar-refractivity contribution in [3.63, 3.8) is 0 Å². The topological polar surface area (TPSA) is 89.5 Å². The van der Waals surface area contributed by atoms with E-state index >= 15 is 0 Å². The highest BCUT2D eigenvalue weighted by Gasteiger charge is 2.62. The Morgan fingerprint density at radius 1 is 1.19 bits per heavy atom. The molecule has 2 aliphatic heterocycles. The Morgan fingerprint density at radius 2 is 1.96 bits per heavy atom. The van der Waals surface area contributed by atoms with Gasteiger partial charge in [-0.05, 0) is 24.6 Å². The van der Waals surface area contributed by atoms with Gasteiger partial charge in [-0.15, -0.1) is 0 Å². The number of hydrogen-bond donors (Lipinski definition) is 0. The number of ether oxygens (including phenoxy) is 1. The van der Waals surface area contributed by atoms with Crippen LogP contribution >= 0.6 is 0 Å². The van der Waals surface area contributed by atoms with Crippen LogP contribution in [-0.4, -0.2) is 59.4 Å². The molecule has 0 aromatic carbocycles. The Kier molecular flexibility index (Phi) is 4.14. The number of rotatable bonds is 4. The van der Waals surface area contributed by atoms with Gasteiger partial charge in [0.1, 0.15) is 4.75 Å². The summed E-state index contributed by atoms with van der Waals surface area (Å²) in [4.78, 5) is 22.1. The fourth-order valence-corrected chi connectivity index (χ4v) is 6.15. The van der Waals surface area contributed by atoms with Crippen LogP contribution in [-0.2, 0) is 9.84 Å². The van der Waals surface area contributed by atoms with Crippen molar-refractivity contribution in [2.75, 3.05) is 25.4 Å². The SMILES string of the molecule is O=C(c1ccncc1)N1CC2(C1)[C@H](COc1ccccn1)CCS2(=O)=O. The first-order valence-corrected chi connectivity index (χ1v) is 10.1. The third kappa shape index (κ3) is 2.74. The second kappa shape index (κ2) is 6.35. The third-order valence-corrected chi connectivity index (χ3v) is 7.90. The van der Waals surface area contributed by atoms with Crippen LogP contribution in [0.15, 0.2) is 48.9 Å². The molecule has 26 heavy (non-hydrogen) atoms. The van der Waals surface area contributed by atoms with E-state index in [4.69, 9.17) is 4.74 Å². The molecule has 2 aromatic heterocycles. The summed E-state index contributed by atoms with van der Waals surface area (Å²) in [6.45, 7) is 0.715. The Morgan fingerprint density at radius 3 is 2.65 bits per heavy atom. The van der Waals surface area contributed by atoms with Gasteiger partial charge in [0.25, 0.3) is 5.91 Å². The average Bonchev–Trinajstić information content (AvgIpc) is 2.90. The summed E-state index contributed by atoms with van der Waals surface area (Å²) in [5.41, 5.74) is 0.520. The van der Waals surface area contributed by atoms with E-state index in [1.54, 1.807) is 47.8 Å². The van der Waals surface area contributed by atoms with Crippen LogP contribution in [0.25, 0.3) is 0 Å². The number of aromatic nitrogens is 2. The number of carbonyl (C=O) groups is 1. The fraction of sp³-hybridized carbons (Fsp3) is 0.389. The molecule has 1 atom stereocenters. The predicted octanol–water partition coefficient (Wildman–Crippen LogP) is 1.18. The minimum atomic E-state index is -3.26. The van der Waals surface area contributed by atoms with E-state index in [2.05, 4.69) is 9.97 Å². The van der Waals surface area contributed by atoms with E-state index in [-0.39, 0.29) is 37.3 Å². The van der Waals surface area contributed by atoms with Gasteiger partial charge < -0.3 is 9.64 Å². The molecule has 4 rings (SSSR count). The number of hydrogen-bond acceptors (Lipinski definition) is 6. The van der Waals surface area contributed by atoms with Crippen molar-refractivity contribution in [1.29, 1.82) is 0 Å². The summed E-state index contributed by atoms with van der Waals surface area (Å²) in [7, 11) is -3.26. The monoisotopic (exact) mass is 373 g/mol. The lowest BCUT2D eigenvalue weighted by Crippen LogP contribution is -2.68. The summed E-state index contributed by atoms with van der Waals surface area (Å²) >= 11 is 0. The second-order valence-corrected chi connectivity index (χ2v) is 9.20. The van der Waals surface area contributed by atoms with Gasteiger partial charge in [0.2, 0.25) is 5.88 Å². The molecule has 0 N–H and O–H groups in total. The van der Waals surface area contributed by atoms with Gasteiger partial charge in [0.05, 0.1) is 12.4 Å². The minimum absolute atomic E-state index is 0.139. The van der Waals surface area contributed by atoms with E-state index in [1.807, 2.05) is 6.07 Å². The van der Waals surface area contributed by atoms with Gasteiger partial charge in [0, 0.05) is 49.2 Å². The van der Waals surface area contributed by atoms with Gasteiger partial charge in [-0.3, -0.25) is 9.78 Å². The highest BCUT2D eigenvalue weighted by Crippen LogP contribution is 2.45. The Bertz CT molecular complexity index is 897. The highest BCUT2D eigenvalue weighted by atomic mass is 32.2. The smallest absolute Gasteiger partial charge is 0.254 e. The molecular weight excluding hydrogens is 354 g/mol. The molecule has 2 aliphatic rings. The van der Waals surface area contributed by atoms with E-state index < -0.39 is 14.6 Å². The maximum Gasteiger partial charge on any atom is 0.254 e. The molecule has 136 valence electrons. The molecule has 2 saturated heterocycles. The summed E-state index contributed by atoms with van der Waals surface area (Å²) in [6.07, 6.45) is 5.29. The maximum atomic E-state index is 12.7. The van der Waals surface area contributed by atoms with Crippen molar-refractivity contribution in [2.45, 2.75) is 11.2 Å². The number of pyridine rings is 2. The van der Waals surface area contributed by atoms with Crippen molar-refractivity contribution >= 4 is 15.7 Å². The van der Waals surface area contributed by atoms with E-state index in [0.29, 0.717) is 17.9 Å². The second-order valence-electron chi connectivity index (χ2n) is 6.75. The number of carbonyl (C=O) groups excluding carboxylic acids is 1. The van der Waals surface area contributed by atoms with Crippen LogP contribution in [0, 0.1) is 5.92 Å². The molecule has 4 heterocycles. The molecule has 2 fully saturated rings. The number of amides is 1. The van der Waals surface area contributed by atoms with Crippen molar-refractivity contribution in [1.82, 2.24) is 14.9 Å². The predicted molar refractivity (Wildman–Crippen MR) is 94.5 cm³/mol. The summed E-state index contributed by atoms with van der Waals surface area (Å²) in [5, 5.41) is 0. The lowest BCUT2D eigenvalue weighted by Gasteiger charge is -2.49. The Balaban J connectivity index is 1.47. The zero-order valence-corrected chi connectivity index (χ0v) is 14.9. The first kappa shape index (κ1) is 17.0. The standard InChI is InChI=1S/C18H19N3O4S/c22-17(14-4-8-19-9-5-14)21-12-18(13-21)15(6-10-26(18,23)24)11-25-16-3-1-2-7-20-16/h1-5,7-9,15H,6,10-13H2/t15-/m0/s1. The van der Waals surface area contributed by atoms with Crippen LogP contribution < -0.4 is 4.74 Å². The lowest BCUT2D eigenvalue weighted by atomic mass is 9.83. The van der Waals surface area contributed by atoms with Crippen molar-refractivity contribution in [3.05, 3.63) is 54.5 Å². The molecule has 1 spiro atoms. The van der Waals surface area contributed by atoms with E-state index in [9.17, 15) is 13.2 Å². The van der Waals surface area contributed by atoms with Crippen LogP contribution in [0.5, 0.6) is 5.88 Å². The van der Waals surface area contributed by atoms with Gasteiger partial charge in [0.15, 0.2) is 9.84 Å². The molecule has 2 aromatic rings. The molecule has 1 amide bonds. The zero-order chi connectivity index (χ0) is 18.2. The van der Waals surface area contributed by atoms with Crippen LogP contribution in [0.4, 0.5) is 0 Å². The summed E-state index contributed by atoms with van der Waals surface area (Å²) in [5.74, 6) is 0.317.